The van der Waals surface area contributed by atoms with E-state index in [1.165, 1.54) is 0 Å². The molecule has 0 fully saturated rings. The van der Waals surface area contributed by atoms with Crippen LogP contribution in [0.3, 0.4) is 0 Å². The summed E-state index contributed by atoms with van der Waals surface area (Å²) in [6, 6.07) is 5.29. The molecule has 1 rings (SSSR count). The monoisotopic (exact) mass is 248 g/mol. The second-order valence-electron chi connectivity index (χ2n) is 5.26. The van der Waals surface area contributed by atoms with Crippen molar-refractivity contribution in [1.82, 2.24) is 5.32 Å². The molecule has 1 aromatic carbocycles. The largest absolute Gasteiger partial charge is 0.355 e. The molecule has 0 saturated heterocycles. The van der Waals surface area contributed by atoms with Crippen LogP contribution in [0.25, 0.3) is 0 Å². The van der Waals surface area contributed by atoms with E-state index in [2.05, 4.69) is 10.6 Å². The molecule has 0 aliphatic heterocycles. The van der Waals surface area contributed by atoms with Gasteiger partial charge in [-0.3, -0.25) is 9.59 Å². The van der Waals surface area contributed by atoms with E-state index >= 15 is 0 Å². The van der Waals surface area contributed by atoms with Crippen LogP contribution in [0.1, 0.15) is 36.7 Å². The Morgan fingerprint density at radius 3 is 2.28 bits per heavy atom. The van der Waals surface area contributed by atoms with Crippen LogP contribution in [0, 0.1) is 12.3 Å². The fourth-order valence-electron chi connectivity index (χ4n) is 1.46. The Labute approximate surface area is 108 Å². The highest BCUT2D eigenvalue weighted by Gasteiger charge is 2.22. The lowest BCUT2D eigenvalue weighted by atomic mass is 9.95. The van der Waals surface area contributed by atoms with Crippen molar-refractivity contribution < 1.29 is 9.59 Å². The molecule has 0 radical (unpaired) electrons. The van der Waals surface area contributed by atoms with Crippen molar-refractivity contribution in [2.24, 2.45) is 5.41 Å². The van der Waals surface area contributed by atoms with E-state index in [0.29, 0.717) is 11.3 Å². The fraction of sp³-hybridized carbons (Fsp3) is 0.429. The third-order valence-corrected chi connectivity index (χ3v) is 2.73. The molecule has 1 aromatic rings. The predicted molar refractivity (Wildman–Crippen MR) is 72.7 cm³/mol. The number of carbonyl (C=O) groups excluding carboxylic acids is 2. The van der Waals surface area contributed by atoms with Crippen LogP contribution in [0.5, 0.6) is 0 Å². The molecule has 0 unspecified atom stereocenters. The Hall–Kier alpha value is -1.84. The Bertz CT molecular complexity index is 473. The van der Waals surface area contributed by atoms with Crippen LogP contribution in [0.2, 0.25) is 0 Å². The van der Waals surface area contributed by atoms with Gasteiger partial charge in [0.1, 0.15) is 0 Å². The molecular weight excluding hydrogens is 228 g/mol. The highest BCUT2D eigenvalue weighted by molar-refractivity contribution is 6.00. The molecule has 0 spiro atoms. The number of hydrogen-bond acceptors (Lipinski definition) is 2. The second-order valence-corrected chi connectivity index (χ2v) is 5.26. The molecule has 0 aromatic heterocycles. The van der Waals surface area contributed by atoms with E-state index in [4.69, 9.17) is 0 Å². The van der Waals surface area contributed by atoms with E-state index in [0.717, 1.165) is 5.56 Å². The van der Waals surface area contributed by atoms with E-state index in [1.54, 1.807) is 25.2 Å². The summed E-state index contributed by atoms with van der Waals surface area (Å²) in [5.41, 5.74) is 1.56. The van der Waals surface area contributed by atoms with Crippen LogP contribution in [0.4, 0.5) is 5.69 Å². The van der Waals surface area contributed by atoms with Gasteiger partial charge in [0.25, 0.3) is 5.91 Å². The Kier molecular flexibility index (Phi) is 4.11. The lowest BCUT2D eigenvalue weighted by Crippen LogP contribution is -2.28. The molecule has 4 nitrogen and oxygen atoms in total. The maximum atomic E-state index is 11.9. The van der Waals surface area contributed by atoms with E-state index in [9.17, 15) is 9.59 Å². The minimum absolute atomic E-state index is 0.0698. The molecule has 0 aliphatic carbocycles. The Balaban J connectivity index is 3.05. The highest BCUT2D eigenvalue weighted by Crippen LogP contribution is 2.22. The quantitative estimate of drug-likeness (QED) is 0.844. The topological polar surface area (TPSA) is 58.2 Å². The molecule has 98 valence electrons. The van der Waals surface area contributed by atoms with Crippen LogP contribution in [-0.4, -0.2) is 18.9 Å². The van der Waals surface area contributed by atoms with Crippen molar-refractivity contribution in [1.29, 1.82) is 0 Å². The number of nitrogens with one attached hydrogen (secondary N) is 2. The molecule has 0 aliphatic rings. The van der Waals surface area contributed by atoms with E-state index in [-0.39, 0.29) is 11.8 Å². The predicted octanol–water partition coefficient (Wildman–Crippen LogP) is 2.34. The van der Waals surface area contributed by atoms with Gasteiger partial charge in [-0.15, -0.1) is 0 Å². The van der Waals surface area contributed by atoms with Gasteiger partial charge in [0.05, 0.1) is 0 Å². The van der Waals surface area contributed by atoms with Gasteiger partial charge in [-0.25, -0.2) is 0 Å². The Morgan fingerprint density at radius 2 is 1.78 bits per heavy atom. The fourth-order valence-corrected chi connectivity index (χ4v) is 1.46. The molecular formula is C14H20N2O2. The highest BCUT2D eigenvalue weighted by atomic mass is 16.2. The lowest BCUT2D eigenvalue weighted by Gasteiger charge is -2.19. The minimum Gasteiger partial charge on any atom is -0.355 e. The summed E-state index contributed by atoms with van der Waals surface area (Å²) < 4.78 is 0. The van der Waals surface area contributed by atoms with Gasteiger partial charge in [0, 0.05) is 23.7 Å². The van der Waals surface area contributed by atoms with Gasteiger partial charge in [-0.05, 0) is 24.6 Å². The van der Waals surface area contributed by atoms with Crippen molar-refractivity contribution in [2.75, 3.05) is 12.4 Å². The molecule has 0 saturated carbocycles. The van der Waals surface area contributed by atoms with Crippen LogP contribution < -0.4 is 10.6 Å². The third-order valence-electron chi connectivity index (χ3n) is 2.73. The van der Waals surface area contributed by atoms with Crippen LogP contribution in [0.15, 0.2) is 18.2 Å². The third kappa shape index (κ3) is 3.09. The molecule has 0 bridgehead atoms. The maximum Gasteiger partial charge on any atom is 0.251 e. The molecule has 18 heavy (non-hydrogen) atoms. The first-order chi connectivity index (χ1) is 8.27. The molecule has 2 amide bonds. The maximum absolute atomic E-state index is 11.9. The number of amides is 2. The first-order valence-corrected chi connectivity index (χ1v) is 5.90. The molecule has 0 heterocycles. The first-order valence-electron chi connectivity index (χ1n) is 5.90. The second kappa shape index (κ2) is 5.21. The van der Waals surface area contributed by atoms with Crippen molar-refractivity contribution >= 4 is 17.5 Å². The van der Waals surface area contributed by atoms with Gasteiger partial charge < -0.3 is 10.6 Å². The number of hydrogen-bond donors (Lipinski definition) is 2. The SMILES string of the molecule is CNC(=O)c1cccc(NC(=O)C(C)(C)C)c1C. The average Bonchev–Trinajstić information content (AvgIpc) is 2.29. The number of rotatable bonds is 2. The van der Waals surface area contributed by atoms with Crippen LogP contribution in [-0.2, 0) is 4.79 Å². The zero-order chi connectivity index (χ0) is 13.9. The average molecular weight is 248 g/mol. The van der Waals surface area contributed by atoms with E-state index < -0.39 is 5.41 Å². The lowest BCUT2D eigenvalue weighted by molar-refractivity contribution is -0.123. The zero-order valence-electron chi connectivity index (χ0n) is 11.5. The summed E-state index contributed by atoms with van der Waals surface area (Å²) in [7, 11) is 1.59. The van der Waals surface area contributed by atoms with Crippen molar-refractivity contribution in [3.05, 3.63) is 29.3 Å². The van der Waals surface area contributed by atoms with Gasteiger partial charge in [0.2, 0.25) is 5.91 Å². The number of carbonyl (C=O) groups is 2. The van der Waals surface area contributed by atoms with Crippen molar-refractivity contribution in [3.63, 3.8) is 0 Å². The molecule has 4 heteroatoms. The van der Waals surface area contributed by atoms with E-state index in [1.807, 2.05) is 27.7 Å². The molecule has 2 N–H and O–H groups in total. The molecule has 0 atom stereocenters. The van der Waals surface area contributed by atoms with Crippen molar-refractivity contribution in [3.8, 4) is 0 Å². The van der Waals surface area contributed by atoms with Crippen LogP contribution >= 0.6 is 0 Å². The first kappa shape index (κ1) is 14.2. The summed E-state index contributed by atoms with van der Waals surface area (Å²) in [6.45, 7) is 7.36. The van der Waals surface area contributed by atoms with Gasteiger partial charge >= 0.3 is 0 Å². The minimum atomic E-state index is -0.463. The summed E-state index contributed by atoms with van der Waals surface area (Å²) in [4.78, 5) is 23.6. The standard InChI is InChI=1S/C14H20N2O2/c1-9-10(12(17)15-5)7-6-8-11(9)16-13(18)14(2,3)4/h6-8H,1-5H3,(H,15,17)(H,16,18). The zero-order valence-corrected chi connectivity index (χ0v) is 11.5. The smallest absolute Gasteiger partial charge is 0.251 e. The van der Waals surface area contributed by atoms with Gasteiger partial charge in [-0.1, -0.05) is 26.8 Å². The summed E-state index contributed by atoms with van der Waals surface area (Å²) in [5.74, 6) is -0.223. The van der Waals surface area contributed by atoms with Gasteiger partial charge in [0.15, 0.2) is 0 Å². The van der Waals surface area contributed by atoms with Gasteiger partial charge in [-0.2, -0.15) is 0 Å². The van der Waals surface area contributed by atoms with Crippen molar-refractivity contribution in [2.45, 2.75) is 27.7 Å². The summed E-state index contributed by atoms with van der Waals surface area (Å²) in [5, 5.41) is 5.43. The summed E-state index contributed by atoms with van der Waals surface area (Å²) in [6.07, 6.45) is 0. The normalized spacial score (nSPS) is 10.9. The summed E-state index contributed by atoms with van der Waals surface area (Å²) >= 11 is 0. The number of benzene rings is 1. The Morgan fingerprint density at radius 1 is 1.17 bits per heavy atom. The number of anilines is 1.